The summed E-state index contributed by atoms with van der Waals surface area (Å²) in [5.41, 5.74) is 0.714. The summed E-state index contributed by atoms with van der Waals surface area (Å²) in [4.78, 5) is 34.4. The smallest absolute Gasteiger partial charge is 0.323 e. The van der Waals surface area contributed by atoms with Crippen LogP contribution < -0.4 is 4.74 Å². The van der Waals surface area contributed by atoms with Gasteiger partial charge in [-0.1, -0.05) is 12.1 Å². The number of benzene rings is 2. The van der Waals surface area contributed by atoms with E-state index in [1.54, 1.807) is 24.1 Å². The maximum Gasteiger partial charge on any atom is 0.323 e. The fraction of sp³-hybridized carbons (Fsp3) is 0.316. The highest BCUT2D eigenvalue weighted by Gasteiger charge is 2.24. The van der Waals surface area contributed by atoms with Crippen molar-refractivity contribution in [1.29, 1.82) is 0 Å². The first-order chi connectivity index (χ1) is 13.8. The monoisotopic (exact) mass is 403 g/mol. The number of hydrogen-bond donors (Lipinski definition) is 0. The van der Waals surface area contributed by atoms with Crippen LogP contribution in [0.5, 0.6) is 5.75 Å². The van der Waals surface area contributed by atoms with Crippen LogP contribution in [-0.4, -0.2) is 54.1 Å². The van der Waals surface area contributed by atoms with E-state index in [0.717, 1.165) is 5.56 Å². The van der Waals surface area contributed by atoms with Gasteiger partial charge in [0.2, 0.25) is 0 Å². The molecule has 10 nitrogen and oxygen atoms in total. The maximum atomic E-state index is 12.2. The largest absolute Gasteiger partial charge is 0.492 e. The fourth-order valence-electron chi connectivity index (χ4n) is 2.66. The number of carbonyl (C=O) groups is 1. The second-order valence-corrected chi connectivity index (χ2v) is 6.25. The zero-order chi connectivity index (χ0) is 21.4. The summed E-state index contributed by atoms with van der Waals surface area (Å²) in [5.74, 6) is 0.0511. The minimum Gasteiger partial charge on any atom is -0.492 e. The second-order valence-electron chi connectivity index (χ2n) is 6.25. The molecule has 0 amide bonds. The highest BCUT2D eigenvalue weighted by Crippen LogP contribution is 2.18. The van der Waals surface area contributed by atoms with Crippen molar-refractivity contribution in [3.8, 4) is 5.75 Å². The van der Waals surface area contributed by atoms with Crippen LogP contribution in [0.4, 0.5) is 11.4 Å². The van der Waals surface area contributed by atoms with Gasteiger partial charge in [0.1, 0.15) is 18.4 Å². The molecular formula is C19H21N3O7. The predicted octanol–water partition coefficient (Wildman–Crippen LogP) is 2.60. The van der Waals surface area contributed by atoms with Crippen LogP contribution in [0.25, 0.3) is 0 Å². The van der Waals surface area contributed by atoms with E-state index in [2.05, 4.69) is 0 Å². The summed E-state index contributed by atoms with van der Waals surface area (Å²) < 4.78 is 10.5. The van der Waals surface area contributed by atoms with Crippen molar-refractivity contribution in [2.45, 2.75) is 12.5 Å². The molecule has 0 N–H and O–H groups in total. The van der Waals surface area contributed by atoms with Gasteiger partial charge in [-0.05, 0) is 31.2 Å². The van der Waals surface area contributed by atoms with Crippen molar-refractivity contribution < 1.29 is 24.1 Å². The number of nitro groups is 2. The minimum atomic E-state index is -0.595. The van der Waals surface area contributed by atoms with Crippen LogP contribution in [-0.2, 0) is 16.0 Å². The summed E-state index contributed by atoms with van der Waals surface area (Å²) in [6, 6.07) is 11.1. The van der Waals surface area contributed by atoms with E-state index >= 15 is 0 Å². The summed E-state index contributed by atoms with van der Waals surface area (Å²) in [6.45, 7) is 0.645. The molecule has 1 unspecified atom stereocenters. The number of ether oxygens (including phenoxy) is 2. The Bertz CT molecular complexity index is 853. The first-order valence-corrected chi connectivity index (χ1v) is 8.70. The van der Waals surface area contributed by atoms with Crippen LogP contribution in [0.3, 0.4) is 0 Å². The Labute approximate surface area is 166 Å². The Morgan fingerprint density at radius 2 is 1.52 bits per heavy atom. The Morgan fingerprint density at radius 1 is 1.00 bits per heavy atom. The number of rotatable bonds is 10. The number of nitro benzene ring substituents is 2. The third kappa shape index (κ3) is 6.25. The van der Waals surface area contributed by atoms with Crippen LogP contribution in [0.15, 0.2) is 48.5 Å². The first-order valence-electron chi connectivity index (χ1n) is 8.70. The fourth-order valence-corrected chi connectivity index (χ4v) is 2.66. The Balaban J connectivity index is 1.95. The summed E-state index contributed by atoms with van der Waals surface area (Å²) in [7, 11) is 3.04. The predicted molar refractivity (Wildman–Crippen MR) is 104 cm³/mol. The normalized spacial score (nSPS) is 11.7. The van der Waals surface area contributed by atoms with Crippen LogP contribution >= 0.6 is 0 Å². The Kier molecular flexibility index (Phi) is 7.61. The number of likely N-dealkylation sites (N-methyl/N-ethyl adjacent to an activating group) is 1. The van der Waals surface area contributed by atoms with E-state index in [9.17, 15) is 25.0 Å². The maximum absolute atomic E-state index is 12.2. The number of non-ortho nitro benzene ring substituents is 2. The topological polar surface area (TPSA) is 125 Å². The van der Waals surface area contributed by atoms with E-state index < -0.39 is 21.9 Å². The number of esters is 1. The molecule has 0 aromatic heterocycles. The van der Waals surface area contributed by atoms with Crippen LogP contribution in [0.2, 0.25) is 0 Å². The highest BCUT2D eigenvalue weighted by atomic mass is 16.6. The molecule has 0 bridgehead atoms. The van der Waals surface area contributed by atoms with Crippen molar-refractivity contribution in [1.82, 2.24) is 4.90 Å². The van der Waals surface area contributed by atoms with Crippen LogP contribution in [0, 0.1) is 20.2 Å². The zero-order valence-electron chi connectivity index (χ0n) is 16.0. The van der Waals surface area contributed by atoms with Crippen molar-refractivity contribution in [3.05, 3.63) is 74.3 Å². The third-order valence-electron chi connectivity index (χ3n) is 4.34. The average molecular weight is 403 g/mol. The number of hydrogen-bond acceptors (Lipinski definition) is 8. The molecule has 0 spiro atoms. The molecule has 0 fully saturated rings. The van der Waals surface area contributed by atoms with Gasteiger partial charge in [0, 0.05) is 30.8 Å². The molecule has 0 aliphatic carbocycles. The van der Waals surface area contributed by atoms with Gasteiger partial charge in [-0.2, -0.15) is 0 Å². The van der Waals surface area contributed by atoms with Gasteiger partial charge in [0.25, 0.3) is 11.4 Å². The van der Waals surface area contributed by atoms with Crippen molar-refractivity contribution in [2.24, 2.45) is 0 Å². The number of nitrogens with zero attached hydrogens (tertiary/aromatic N) is 3. The van der Waals surface area contributed by atoms with Gasteiger partial charge < -0.3 is 9.47 Å². The van der Waals surface area contributed by atoms with E-state index in [-0.39, 0.29) is 18.0 Å². The molecule has 0 radical (unpaired) electrons. The molecule has 2 aromatic carbocycles. The molecular weight excluding hydrogens is 382 g/mol. The molecule has 0 aliphatic heterocycles. The second kappa shape index (κ2) is 10.1. The number of methoxy groups -OCH3 is 1. The molecule has 29 heavy (non-hydrogen) atoms. The summed E-state index contributed by atoms with van der Waals surface area (Å²) >= 11 is 0. The van der Waals surface area contributed by atoms with Gasteiger partial charge in [0.05, 0.1) is 17.0 Å². The molecule has 0 aliphatic rings. The van der Waals surface area contributed by atoms with E-state index in [4.69, 9.17) is 9.47 Å². The standard InChI is InChI=1S/C19H21N3O7/c1-20(11-12-29-17-9-7-16(8-10-17)22(26)27)18(19(23)28-2)13-14-3-5-15(6-4-14)21(24)25/h3-10,18H,11-13H2,1-2H3. The van der Waals surface area contributed by atoms with Crippen molar-refractivity contribution >= 4 is 17.3 Å². The number of carbonyl (C=O) groups excluding carboxylic acids is 1. The molecule has 2 aromatic rings. The van der Waals surface area contributed by atoms with Gasteiger partial charge in [0.15, 0.2) is 0 Å². The van der Waals surface area contributed by atoms with Crippen LogP contribution in [0.1, 0.15) is 5.56 Å². The van der Waals surface area contributed by atoms with E-state index in [0.29, 0.717) is 18.7 Å². The van der Waals surface area contributed by atoms with E-state index in [1.807, 2.05) is 0 Å². The molecule has 0 heterocycles. The Morgan fingerprint density at radius 3 is 2.00 bits per heavy atom. The Hall–Kier alpha value is -3.53. The van der Waals surface area contributed by atoms with Gasteiger partial charge in [-0.25, -0.2) is 0 Å². The lowest BCUT2D eigenvalue weighted by Gasteiger charge is -2.26. The van der Waals surface area contributed by atoms with Gasteiger partial charge in [-0.15, -0.1) is 0 Å². The molecule has 10 heteroatoms. The zero-order valence-corrected chi connectivity index (χ0v) is 16.0. The average Bonchev–Trinajstić information content (AvgIpc) is 2.72. The SMILES string of the molecule is COC(=O)C(Cc1ccc([N+](=O)[O-])cc1)N(C)CCOc1ccc([N+](=O)[O-])cc1. The quantitative estimate of drug-likeness (QED) is 0.337. The van der Waals surface area contributed by atoms with Gasteiger partial charge >= 0.3 is 5.97 Å². The molecule has 0 saturated heterocycles. The summed E-state index contributed by atoms with van der Waals surface area (Å²) in [5, 5.41) is 21.4. The first kappa shape index (κ1) is 21.8. The molecule has 154 valence electrons. The lowest BCUT2D eigenvalue weighted by molar-refractivity contribution is -0.385. The molecule has 0 saturated carbocycles. The van der Waals surface area contributed by atoms with E-state index in [1.165, 1.54) is 43.5 Å². The van der Waals surface area contributed by atoms with Crippen molar-refractivity contribution in [3.63, 3.8) is 0 Å². The minimum absolute atomic E-state index is 0.0202. The molecule has 2 rings (SSSR count). The summed E-state index contributed by atoms with van der Waals surface area (Å²) in [6.07, 6.45) is 0.318. The van der Waals surface area contributed by atoms with Crippen molar-refractivity contribution in [2.75, 3.05) is 27.3 Å². The van der Waals surface area contributed by atoms with Gasteiger partial charge in [-0.3, -0.25) is 29.9 Å². The molecule has 1 atom stereocenters. The highest BCUT2D eigenvalue weighted by molar-refractivity contribution is 5.76. The lowest BCUT2D eigenvalue weighted by atomic mass is 10.0. The third-order valence-corrected chi connectivity index (χ3v) is 4.34. The lowest BCUT2D eigenvalue weighted by Crippen LogP contribution is -2.42.